The number of nitrogens with one attached hydrogen (secondary N) is 2. The van der Waals surface area contributed by atoms with Crippen molar-refractivity contribution in [2.75, 3.05) is 57.8 Å². The SMILES string of the molecule is CCO[C@@H]1OC[C@H](OC(=O)N[C@@H](CCc2ccccc2)[C@H](O)CN(CC(C)C)S(=O)(=O)c2ccc3nc(NCCN4CCCC4)sc3c2)[C@@H]1C. The van der Waals surface area contributed by atoms with Gasteiger partial charge in [-0.3, -0.25) is 0 Å². The summed E-state index contributed by atoms with van der Waals surface area (Å²) in [6, 6.07) is 13.9. The number of hydrogen-bond donors (Lipinski definition) is 3. The summed E-state index contributed by atoms with van der Waals surface area (Å²) >= 11 is 1.43. The van der Waals surface area contributed by atoms with Gasteiger partial charge in [0.05, 0.1) is 33.9 Å². The van der Waals surface area contributed by atoms with E-state index in [1.54, 1.807) is 18.2 Å². The van der Waals surface area contributed by atoms with E-state index in [4.69, 9.17) is 14.2 Å². The van der Waals surface area contributed by atoms with Gasteiger partial charge in [-0.15, -0.1) is 0 Å². The normalized spacial score (nSPS) is 21.2. The number of aliphatic hydroxyl groups is 1. The number of aromatic nitrogens is 1. The second-order valence-corrected chi connectivity index (χ2v) is 16.6. The number of carbonyl (C=O) groups excluding carboxylic acids is 1. The number of aliphatic hydroxyl groups excluding tert-OH is 1. The lowest BCUT2D eigenvalue weighted by Crippen LogP contribution is -2.51. The molecule has 0 saturated carbocycles. The molecule has 276 valence electrons. The summed E-state index contributed by atoms with van der Waals surface area (Å²) in [5.74, 6) is -0.184. The van der Waals surface area contributed by atoms with E-state index in [0.29, 0.717) is 19.4 Å². The Morgan fingerprint density at radius 2 is 1.92 bits per heavy atom. The second-order valence-electron chi connectivity index (χ2n) is 13.6. The average Bonchev–Trinajstić information content (AvgIpc) is 3.84. The van der Waals surface area contributed by atoms with Crippen molar-refractivity contribution in [1.29, 1.82) is 0 Å². The number of alkyl carbamates (subject to hydrolysis) is 1. The third-order valence-electron chi connectivity index (χ3n) is 9.24. The molecule has 0 unspecified atom stereocenters. The molecule has 2 aromatic carbocycles. The van der Waals surface area contributed by atoms with Gasteiger partial charge in [0, 0.05) is 38.7 Å². The van der Waals surface area contributed by atoms with E-state index < -0.39 is 40.7 Å². The van der Waals surface area contributed by atoms with Gasteiger partial charge in [0.1, 0.15) is 6.10 Å². The highest BCUT2D eigenvalue weighted by atomic mass is 32.2. The van der Waals surface area contributed by atoms with Crippen molar-refractivity contribution < 1.29 is 32.5 Å². The van der Waals surface area contributed by atoms with Crippen molar-refractivity contribution in [2.24, 2.45) is 11.8 Å². The summed E-state index contributed by atoms with van der Waals surface area (Å²) in [5, 5.41) is 18.6. The van der Waals surface area contributed by atoms with Crippen molar-refractivity contribution in [3.05, 3.63) is 54.1 Å². The van der Waals surface area contributed by atoms with Gasteiger partial charge < -0.3 is 34.9 Å². The maximum atomic E-state index is 14.2. The highest BCUT2D eigenvalue weighted by Crippen LogP contribution is 2.30. The number of benzene rings is 2. The average molecular weight is 732 g/mol. The summed E-state index contributed by atoms with van der Waals surface area (Å²) < 4.78 is 47.4. The Labute approximate surface area is 300 Å². The highest BCUT2D eigenvalue weighted by Gasteiger charge is 2.38. The first kappa shape index (κ1) is 38.4. The van der Waals surface area contributed by atoms with E-state index in [-0.39, 0.29) is 36.4 Å². The molecule has 0 spiro atoms. The summed E-state index contributed by atoms with van der Waals surface area (Å²) in [5.41, 5.74) is 1.76. The van der Waals surface area contributed by atoms with Gasteiger partial charge in [0.25, 0.3) is 0 Å². The van der Waals surface area contributed by atoms with Crippen LogP contribution in [0.1, 0.15) is 52.5 Å². The molecule has 12 nitrogen and oxygen atoms in total. The van der Waals surface area contributed by atoms with Crippen LogP contribution in [0.4, 0.5) is 9.93 Å². The Morgan fingerprint density at radius 3 is 2.64 bits per heavy atom. The molecule has 2 aliphatic rings. The molecule has 3 aromatic rings. The lowest BCUT2D eigenvalue weighted by Gasteiger charge is -2.31. The molecule has 2 saturated heterocycles. The van der Waals surface area contributed by atoms with Crippen LogP contribution in [0.15, 0.2) is 53.4 Å². The number of thiazole rings is 1. The quantitative estimate of drug-likeness (QED) is 0.165. The number of nitrogens with zero attached hydrogens (tertiary/aromatic N) is 3. The highest BCUT2D eigenvalue weighted by molar-refractivity contribution is 7.89. The van der Waals surface area contributed by atoms with Crippen LogP contribution < -0.4 is 10.6 Å². The molecule has 14 heteroatoms. The zero-order valence-electron chi connectivity index (χ0n) is 29.6. The first-order valence-corrected chi connectivity index (χ1v) is 20.1. The van der Waals surface area contributed by atoms with Gasteiger partial charge in [-0.05, 0) is 75.4 Å². The summed E-state index contributed by atoms with van der Waals surface area (Å²) in [6.45, 7) is 12.3. The zero-order valence-corrected chi connectivity index (χ0v) is 31.3. The minimum atomic E-state index is -4.02. The third kappa shape index (κ3) is 10.4. The van der Waals surface area contributed by atoms with Gasteiger partial charge >= 0.3 is 6.09 Å². The van der Waals surface area contributed by atoms with Gasteiger partial charge in [-0.2, -0.15) is 4.31 Å². The van der Waals surface area contributed by atoms with E-state index in [9.17, 15) is 18.3 Å². The number of hydrogen-bond acceptors (Lipinski definition) is 11. The lowest BCUT2D eigenvalue weighted by atomic mass is 10.0. The molecule has 3 N–H and O–H groups in total. The summed E-state index contributed by atoms with van der Waals surface area (Å²) in [7, 11) is -4.02. The molecule has 5 atom stereocenters. The van der Waals surface area contributed by atoms with Crippen molar-refractivity contribution >= 4 is 42.8 Å². The third-order valence-corrected chi connectivity index (χ3v) is 12.0. The summed E-state index contributed by atoms with van der Waals surface area (Å²) in [4.78, 5) is 20.4. The fourth-order valence-corrected chi connectivity index (χ4v) is 9.11. The van der Waals surface area contributed by atoms with Crippen molar-refractivity contribution in [1.82, 2.24) is 19.5 Å². The number of rotatable bonds is 18. The van der Waals surface area contributed by atoms with E-state index in [2.05, 4.69) is 20.5 Å². The number of amides is 1. The van der Waals surface area contributed by atoms with Gasteiger partial charge in [0.15, 0.2) is 11.4 Å². The molecule has 2 aliphatic heterocycles. The van der Waals surface area contributed by atoms with Crippen LogP contribution in [-0.2, 0) is 30.7 Å². The molecule has 0 bridgehead atoms. The standard InChI is InChI=1S/C36H53N5O7S2/c1-5-46-34-26(4)32(24-47-34)48-36(43)39-29(15-13-27-11-7-6-8-12-27)31(42)23-41(22-25(2)3)50(44,45)28-14-16-30-33(21-28)49-35(38-30)37-17-20-40-18-9-10-19-40/h6-8,11-12,14,16,21,25-26,29,31-32,34,42H,5,9-10,13,15,17-20,22-24H2,1-4H3,(H,37,38)(H,39,43)/t26-,29-,31+,32-,34+/m0/s1. The minimum absolute atomic E-state index is 0.0154. The molecule has 3 heterocycles. The smallest absolute Gasteiger partial charge is 0.407 e. The zero-order chi connectivity index (χ0) is 35.7. The molecular formula is C36H53N5O7S2. The molecule has 1 amide bonds. The van der Waals surface area contributed by atoms with Gasteiger partial charge in [-0.1, -0.05) is 62.4 Å². The fourth-order valence-electron chi connectivity index (χ4n) is 6.46. The van der Waals surface area contributed by atoms with E-state index >= 15 is 0 Å². The molecule has 0 radical (unpaired) electrons. The van der Waals surface area contributed by atoms with Crippen LogP contribution >= 0.6 is 11.3 Å². The first-order valence-electron chi connectivity index (χ1n) is 17.8. The van der Waals surface area contributed by atoms with E-state index in [0.717, 1.165) is 47.1 Å². The number of ether oxygens (including phenoxy) is 3. The second kappa shape index (κ2) is 18.1. The van der Waals surface area contributed by atoms with E-state index in [1.807, 2.05) is 58.0 Å². The number of aryl methyl sites for hydroxylation is 1. The molecule has 5 rings (SSSR count). The Balaban J connectivity index is 1.29. The number of fused-ring (bicyclic) bond motifs is 1. The predicted molar refractivity (Wildman–Crippen MR) is 196 cm³/mol. The van der Waals surface area contributed by atoms with Crippen LogP contribution in [-0.4, -0.2) is 111 Å². The van der Waals surface area contributed by atoms with Crippen molar-refractivity contribution in [3.8, 4) is 0 Å². The number of anilines is 1. The predicted octanol–water partition coefficient (Wildman–Crippen LogP) is 4.94. The Hall–Kier alpha value is -2.85. The Morgan fingerprint density at radius 1 is 1.16 bits per heavy atom. The van der Waals surface area contributed by atoms with Gasteiger partial charge in [-0.25, -0.2) is 18.2 Å². The van der Waals surface area contributed by atoms with Gasteiger partial charge in [0.2, 0.25) is 10.0 Å². The maximum Gasteiger partial charge on any atom is 0.407 e. The maximum absolute atomic E-state index is 14.2. The largest absolute Gasteiger partial charge is 0.443 e. The monoisotopic (exact) mass is 731 g/mol. The Kier molecular flexibility index (Phi) is 13.9. The number of carbonyl (C=O) groups is 1. The molecule has 50 heavy (non-hydrogen) atoms. The van der Waals surface area contributed by atoms with Crippen LogP contribution in [0.2, 0.25) is 0 Å². The number of sulfonamides is 1. The van der Waals surface area contributed by atoms with Crippen LogP contribution in [0.5, 0.6) is 0 Å². The molecular weight excluding hydrogens is 679 g/mol. The lowest BCUT2D eigenvalue weighted by molar-refractivity contribution is -0.124. The first-order chi connectivity index (χ1) is 24.0. The van der Waals surface area contributed by atoms with Crippen LogP contribution in [0.3, 0.4) is 0 Å². The molecule has 2 fully saturated rings. The van der Waals surface area contributed by atoms with Crippen molar-refractivity contribution in [2.45, 2.75) is 82.8 Å². The Bertz CT molecular complexity index is 1620. The molecule has 1 aromatic heterocycles. The number of likely N-dealkylation sites (tertiary alicyclic amines) is 1. The van der Waals surface area contributed by atoms with Crippen LogP contribution in [0, 0.1) is 11.8 Å². The fraction of sp³-hybridized carbons (Fsp3) is 0.611. The summed E-state index contributed by atoms with van der Waals surface area (Å²) in [6.07, 6.45) is 0.528. The molecule has 0 aliphatic carbocycles. The minimum Gasteiger partial charge on any atom is -0.443 e. The topological polar surface area (TPSA) is 143 Å². The van der Waals surface area contributed by atoms with E-state index in [1.165, 1.54) is 28.5 Å². The van der Waals surface area contributed by atoms with Crippen LogP contribution in [0.25, 0.3) is 10.2 Å². The van der Waals surface area contributed by atoms with Crippen molar-refractivity contribution in [3.63, 3.8) is 0 Å².